The van der Waals surface area contributed by atoms with E-state index in [1.165, 1.54) is 6.21 Å². The Kier molecular flexibility index (Phi) is 3.60. The molecule has 0 aliphatic rings. The molecule has 0 aliphatic heterocycles. The fraction of sp³-hybridized carbons (Fsp3) is 0. The van der Waals surface area contributed by atoms with Gasteiger partial charge in [0.2, 0.25) is 0 Å². The second-order valence-electron chi connectivity index (χ2n) is 4.22. The summed E-state index contributed by atoms with van der Waals surface area (Å²) in [4.78, 5) is 24.2. The first kappa shape index (κ1) is 12.9. The van der Waals surface area contributed by atoms with Gasteiger partial charge >= 0.3 is 0 Å². The summed E-state index contributed by atoms with van der Waals surface area (Å²) in [6.07, 6.45) is 6.16. The molecular weight excluding hydrogens is 266 g/mol. The van der Waals surface area contributed by atoms with Gasteiger partial charge in [-0.3, -0.25) is 14.8 Å². The molecule has 1 N–H and O–H groups in total. The molecule has 2 heterocycles. The highest BCUT2D eigenvalue weighted by atomic mass is 16.2. The molecule has 2 aromatic heterocycles. The number of hydrogen-bond acceptors (Lipinski definition) is 5. The van der Waals surface area contributed by atoms with E-state index in [1.54, 1.807) is 30.7 Å². The van der Waals surface area contributed by atoms with Crippen molar-refractivity contribution in [2.24, 2.45) is 5.10 Å². The molecule has 0 atom stereocenters. The highest BCUT2D eigenvalue weighted by molar-refractivity contribution is 5.94. The van der Waals surface area contributed by atoms with Crippen molar-refractivity contribution in [1.29, 1.82) is 0 Å². The minimum Gasteiger partial charge on any atom is -0.267 e. The highest BCUT2D eigenvalue weighted by Crippen LogP contribution is 2.07. The van der Waals surface area contributed by atoms with Gasteiger partial charge in [-0.05, 0) is 24.3 Å². The Morgan fingerprint density at radius 1 is 1.10 bits per heavy atom. The van der Waals surface area contributed by atoms with Gasteiger partial charge in [0.1, 0.15) is 5.69 Å². The Bertz CT molecular complexity index is 801. The lowest BCUT2D eigenvalue weighted by molar-refractivity contribution is 0.0955. The Labute approximate surface area is 120 Å². The minimum absolute atomic E-state index is 0.303. The average Bonchev–Trinajstić information content (AvgIpc) is 2.55. The molecule has 102 valence electrons. The molecule has 3 rings (SSSR count). The molecule has 6 heteroatoms. The number of fused-ring (bicyclic) bond motifs is 1. The molecule has 3 aromatic rings. The molecule has 1 aromatic carbocycles. The van der Waals surface area contributed by atoms with E-state index in [0.29, 0.717) is 11.3 Å². The first-order valence-corrected chi connectivity index (χ1v) is 6.28. The van der Waals surface area contributed by atoms with E-state index < -0.39 is 0 Å². The van der Waals surface area contributed by atoms with Crippen LogP contribution >= 0.6 is 0 Å². The summed E-state index contributed by atoms with van der Waals surface area (Å²) in [5.74, 6) is -0.303. The monoisotopic (exact) mass is 277 g/mol. The number of carbonyl (C=O) groups excluding carboxylic acids is 1. The third-order valence-electron chi connectivity index (χ3n) is 2.77. The van der Waals surface area contributed by atoms with Gasteiger partial charge in [0.05, 0.1) is 23.4 Å². The maximum Gasteiger partial charge on any atom is 0.271 e. The Morgan fingerprint density at radius 3 is 2.67 bits per heavy atom. The van der Waals surface area contributed by atoms with Gasteiger partial charge in [-0.2, -0.15) is 5.10 Å². The zero-order valence-corrected chi connectivity index (χ0v) is 11.0. The van der Waals surface area contributed by atoms with Gasteiger partial charge in [-0.25, -0.2) is 10.4 Å². The van der Waals surface area contributed by atoms with Crippen molar-refractivity contribution in [1.82, 2.24) is 20.4 Å². The van der Waals surface area contributed by atoms with E-state index in [9.17, 15) is 4.79 Å². The topological polar surface area (TPSA) is 80.1 Å². The average molecular weight is 277 g/mol. The SMILES string of the molecule is O=C(N/N=C\c1cnc2ccccc2n1)c1ccncc1. The van der Waals surface area contributed by atoms with Crippen molar-refractivity contribution in [2.45, 2.75) is 0 Å². The fourth-order valence-electron chi connectivity index (χ4n) is 1.76. The minimum atomic E-state index is -0.303. The number of hydrazone groups is 1. The molecule has 0 fully saturated rings. The first-order valence-electron chi connectivity index (χ1n) is 6.28. The van der Waals surface area contributed by atoms with Crippen molar-refractivity contribution in [3.05, 3.63) is 66.2 Å². The second kappa shape index (κ2) is 5.87. The van der Waals surface area contributed by atoms with Gasteiger partial charge in [-0.15, -0.1) is 0 Å². The van der Waals surface area contributed by atoms with Crippen LogP contribution in [-0.2, 0) is 0 Å². The van der Waals surface area contributed by atoms with Crippen LogP contribution in [0.5, 0.6) is 0 Å². The van der Waals surface area contributed by atoms with Crippen LogP contribution in [0.2, 0.25) is 0 Å². The van der Waals surface area contributed by atoms with Crippen molar-refractivity contribution >= 4 is 23.2 Å². The lowest BCUT2D eigenvalue weighted by atomic mass is 10.3. The van der Waals surface area contributed by atoms with Crippen LogP contribution in [0.15, 0.2) is 60.1 Å². The molecular formula is C15H11N5O. The molecule has 0 saturated carbocycles. The summed E-state index contributed by atoms with van der Waals surface area (Å²) >= 11 is 0. The van der Waals surface area contributed by atoms with Crippen LogP contribution in [0.4, 0.5) is 0 Å². The number of amides is 1. The van der Waals surface area contributed by atoms with E-state index >= 15 is 0 Å². The summed E-state index contributed by atoms with van der Waals surface area (Å²) in [6.45, 7) is 0. The molecule has 0 unspecified atom stereocenters. The maximum absolute atomic E-state index is 11.8. The molecule has 0 spiro atoms. The van der Waals surface area contributed by atoms with Crippen LogP contribution < -0.4 is 5.43 Å². The van der Waals surface area contributed by atoms with Crippen molar-refractivity contribution in [3.8, 4) is 0 Å². The number of para-hydroxylation sites is 2. The summed E-state index contributed by atoms with van der Waals surface area (Å²) in [6, 6.07) is 10.8. The summed E-state index contributed by atoms with van der Waals surface area (Å²) in [5.41, 5.74) is 5.09. The number of nitrogens with zero attached hydrogens (tertiary/aromatic N) is 4. The Hall–Kier alpha value is -3.15. The van der Waals surface area contributed by atoms with Gasteiger partial charge < -0.3 is 0 Å². The second-order valence-corrected chi connectivity index (χ2v) is 4.22. The molecule has 1 amide bonds. The zero-order chi connectivity index (χ0) is 14.5. The van der Waals surface area contributed by atoms with Gasteiger partial charge in [0.15, 0.2) is 0 Å². The van der Waals surface area contributed by atoms with Gasteiger partial charge in [0, 0.05) is 18.0 Å². The fourth-order valence-corrected chi connectivity index (χ4v) is 1.76. The van der Waals surface area contributed by atoms with E-state index in [2.05, 4.69) is 25.5 Å². The van der Waals surface area contributed by atoms with Gasteiger partial charge in [-0.1, -0.05) is 12.1 Å². The lowest BCUT2D eigenvalue weighted by Gasteiger charge is -1.99. The molecule has 21 heavy (non-hydrogen) atoms. The summed E-state index contributed by atoms with van der Waals surface area (Å²) in [7, 11) is 0. The third-order valence-corrected chi connectivity index (χ3v) is 2.77. The number of aromatic nitrogens is 3. The number of benzene rings is 1. The number of carbonyl (C=O) groups is 1. The highest BCUT2D eigenvalue weighted by Gasteiger charge is 2.02. The van der Waals surface area contributed by atoms with Crippen molar-refractivity contribution < 1.29 is 4.79 Å². The summed E-state index contributed by atoms with van der Waals surface area (Å²) < 4.78 is 0. The van der Waals surface area contributed by atoms with Crippen LogP contribution in [0.1, 0.15) is 16.1 Å². The third kappa shape index (κ3) is 3.06. The predicted octanol–water partition coefficient (Wildman–Crippen LogP) is 1.79. The summed E-state index contributed by atoms with van der Waals surface area (Å²) in [5, 5.41) is 3.88. The van der Waals surface area contributed by atoms with Crippen LogP contribution in [-0.4, -0.2) is 27.1 Å². The lowest BCUT2D eigenvalue weighted by Crippen LogP contribution is -2.17. The van der Waals surface area contributed by atoms with E-state index in [1.807, 2.05) is 24.3 Å². The number of nitrogens with one attached hydrogen (secondary N) is 1. The Morgan fingerprint density at radius 2 is 1.86 bits per heavy atom. The van der Waals surface area contributed by atoms with E-state index in [0.717, 1.165) is 11.0 Å². The Balaban J connectivity index is 1.71. The van der Waals surface area contributed by atoms with Crippen molar-refractivity contribution in [2.75, 3.05) is 0 Å². The number of hydrogen-bond donors (Lipinski definition) is 1. The molecule has 0 saturated heterocycles. The normalized spacial score (nSPS) is 10.9. The largest absolute Gasteiger partial charge is 0.271 e. The molecule has 0 bridgehead atoms. The van der Waals surface area contributed by atoms with Crippen LogP contribution in [0.25, 0.3) is 11.0 Å². The molecule has 0 aliphatic carbocycles. The molecule has 0 radical (unpaired) electrons. The van der Waals surface area contributed by atoms with Crippen LogP contribution in [0, 0.1) is 0 Å². The quantitative estimate of drug-likeness (QED) is 0.584. The van der Waals surface area contributed by atoms with E-state index in [4.69, 9.17) is 0 Å². The zero-order valence-electron chi connectivity index (χ0n) is 11.0. The van der Waals surface area contributed by atoms with Crippen LogP contribution in [0.3, 0.4) is 0 Å². The number of rotatable bonds is 3. The smallest absolute Gasteiger partial charge is 0.267 e. The standard InChI is InChI=1S/C15H11N5O/c21-15(11-5-7-16-8-6-11)20-18-10-12-9-17-13-3-1-2-4-14(13)19-12/h1-10H,(H,20,21)/b18-10-. The molecule has 6 nitrogen and oxygen atoms in total. The number of pyridine rings is 1. The maximum atomic E-state index is 11.8. The first-order chi connectivity index (χ1) is 10.3. The predicted molar refractivity (Wildman–Crippen MR) is 78.8 cm³/mol. The van der Waals surface area contributed by atoms with E-state index in [-0.39, 0.29) is 5.91 Å². The van der Waals surface area contributed by atoms with Gasteiger partial charge in [0.25, 0.3) is 5.91 Å². The van der Waals surface area contributed by atoms with Crippen molar-refractivity contribution in [3.63, 3.8) is 0 Å².